The summed E-state index contributed by atoms with van der Waals surface area (Å²) < 4.78 is 0. The van der Waals surface area contributed by atoms with E-state index in [1.807, 2.05) is 36.9 Å². The molecule has 0 saturated heterocycles. The smallest absolute Gasteiger partial charge is 0.225 e. The summed E-state index contributed by atoms with van der Waals surface area (Å²) in [5.41, 5.74) is 3.31. The molecule has 0 radical (unpaired) electrons. The van der Waals surface area contributed by atoms with E-state index in [0.717, 1.165) is 17.6 Å². The van der Waals surface area contributed by atoms with Gasteiger partial charge in [0.2, 0.25) is 11.8 Å². The van der Waals surface area contributed by atoms with Gasteiger partial charge in [-0.2, -0.15) is 0 Å². The molecule has 2 amide bonds. The molecule has 2 rings (SSSR count). The number of nitrogens with zero attached hydrogens (tertiary/aromatic N) is 2. The normalized spacial score (nSPS) is 16.7. The molecule has 4 nitrogen and oxygen atoms in total. The molecule has 4 heteroatoms. The Hall–Kier alpha value is -2.10. The number of hydrogen-bond acceptors (Lipinski definition) is 2. The second kappa shape index (κ2) is 7.44. The van der Waals surface area contributed by atoms with Gasteiger partial charge in [-0.25, -0.2) is 0 Å². The summed E-state index contributed by atoms with van der Waals surface area (Å²) >= 11 is 0. The Morgan fingerprint density at radius 2 is 2.00 bits per heavy atom. The van der Waals surface area contributed by atoms with Crippen molar-refractivity contribution in [1.29, 1.82) is 0 Å². The second-order valence-corrected chi connectivity index (χ2v) is 6.25. The molecule has 1 aliphatic heterocycles. The van der Waals surface area contributed by atoms with Gasteiger partial charge in [-0.3, -0.25) is 9.59 Å². The second-order valence-electron chi connectivity index (χ2n) is 6.25. The lowest BCUT2D eigenvalue weighted by molar-refractivity contribution is -0.136. The highest BCUT2D eigenvalue weighted by Gasteiger charge is 2.31. The van der Waals surface area contributed by atoms with Crippen LogP contribution in [0.1, 0.15) is 44.4 Å². The largest absolute Gasteiger partial charge is 0.339 e. The Labute approximate surface area is 138 Å². The van der Waals surface area contributed by atoms with E-state index in [1.165, 1.54) is 5.56 Å². The summed E-state index contributed by atoms with van der Waals surface area (Å²) in [6.45, 7) is 11.3. The van der Waals surface area contributed by atoms with Crippen molar-refractivity contribution < 1.29 is 9.59 Å². The summed E-state index contributed by atoms with van der Waals surface area (Å²) in [7, 11) is 0. The van der Waals surface area contributed by atoms with E-state index >= 15 is 0 Å². The molecular formula is C19H26N2O2. The van der Waals surface area contributed by atoms with Crippen molar-refractivity contribution in [3.05, 3.63) is 47.5 Å². The molecule has 23 heavy (non-hydrogen) atoms. The Morgan fingerprint density at radius 1 is 1.30 bits per heavy atom. The van der Waals surface area contributed by atoms with Gasteiger partial charge in [0.25, 0.3) is 0 Å². The van der Waals surface area contributed by atoms with E-state index in [4.69, 9.17) is 0 Å². The number of carbonyl (C=O) groups excluding carboxylic acids is 2. The maximum Gasteiger partial charge on any atom is 0.225 e. The number of likely N-dealkylation sites (N-methyl/N-ethyl adjacent to an activating group) is 1. The maximum absolute atomic E-state index is 12.7. The summed E-state index contributed by atoms with van der Waals surface area (Å²) in [5, 5.41) is 0. The molecule has 1 atom stereocenters. The molecule has 0 spiro atoms. The van der Waals surface area contributed by atoms with Crippen LogP contribution in [0.15, 0.2) is 36.4 Å². The van der Waals surface area contributed by atoms with Crippen LogP contribution < -0.4 is 0 Å². The van der Waals surface area contributed by atoms with Gasteiger partial charge in [0.15, 0.2) is 0 Å². The Kier molecular flexibility index (Phi) is 5.59. The first-order chi connectivity index (χ1) is 10.9. The Bertz CT molecular complexity index is 609. The molecule has 1 aromatic rings. The fourth-order valence-corrected chi connectivity index (χ4v) is 3.25. The lowest BCUT2D eigenvalue weighted by Crippen LogP contribution is -2.42. The van der Waals surface area contributed by atoms with Crippen LogP contribution in [0, 0.1) is 0 Å². The number of carbonyl (C=O) groups is 2. The van der Waals surface area contributed by atoms with Crippen LogP contribution in [-0.4, -0.2) is 41.2 Å². The van der Waals surface area contributed by atoms with Crippen molar-refractivity contribution in [3.8, 4) is 0 Å². The summed E-state index contributed by atoms with van der Waals surface area (Å²) in [5.74, 6) is 0.101. The van der Waals surface area contributed by atoms with Gasteiger partial charge >= 0.3 is 0 Å². The quantitative estimate of drug-likeness (QED) is 0.784. The monoisotopic (exact) mass is 314 g/mol. The number of amides is 2. The predicted octanol–water partition coefficient (Wildman–Crippen LogP) is 2.95. The average Bonchev–Trinajstić information content (AvgIpc) is 2.52. The van der Waals surface area contributed by atoms with E-state index in [2.05, 4.69) is 12.6 Å². The highest BCUT2D eigenvalue weighted by molar-refractivity contribution is 5.80. The standard InChI is InChI=1S/C19H26N2O2/c1-5-20(13-14(2)3)19(23)12-18-17-9-7-6-8-16(17)10-11-21(18)15(4)22/h6-9,18H,2,5,10-13H2,1,3-4H3. The van der Waals surface area contributed by atoms with E-state index in [-0.39, 0.29) is 17.9 Å². The van der Waals surface area contributed by atoms with E-state index in [1.54, 1.807) is 11.8 Å². The first-order valence-electron chi connectivity index (χ1n) is 8.21. The minimum Gasteiger partial charge on any atom is -0.339 e. The Balaban J connectivity index is 2.25. The van der Waals surface area contributed by atoms with Gasteiger partial charge in [-0.1, -0.05) is 36.4 Å². The van der Waals surface area contributed by atoms with Gasteiger partial charge in [0.1, 0.15) is 0 Å². The molecule has 0 bridgehead atoms. The lowest BCUT2D eigenvalue weighted by Gasteiger charge is -2.37. The van der Waals surface area contributed by atoms with Gasteiger partial charge in [-0.15, -0.1) is 0 Å². The van der Waals surface area contributed by atoms with Crippen LogP contribution in [0.5, 0.6) is 0 Å². The van der Waals surface area contributed by atoms with Crippen molar-refractivity contribution in [2.24, 2.45) is 0 Å². The minimum atomic E-state index is -0.163. The van der Waals surface area contributed by atoms with Gasteiger partial charge in [0, 0.05) is 26.6 Å². The summed E-state index contributed by atoms with van der Waals surface area (Å²) in [6, 6.07) is 7.96. The summed E-state index contributed by atoms with van der Waals surface area (Å²) in [6.07, 6.45) is 1.18. The summed E-state index contributed by atoms with van der Waals surface area (Å²) in [4.78, 5) is 28.3. The SMILES string of the molecule is C=C(C)CN(CC)C(=O)CC1c2ccccc2CCN1C(C)=O. The van der Waals surface area contributed by atoms with Crippen LogP contribution in [0.3, 0.4) is 0 Å². The van der Waals surface area contributed by atoms with Crippen molar-refractivity contribution in [1.82, 2.24) is 9.80 Å². The Morgan fingerprint density at radius 3 is 2.61 bits per heavy atom. The van der Waals surface area contributed by atoms with Crippen LogP contribution in [0.25, 0.3) is 0 Å². The fraction of sp³-hybridized carbons (Fsp3) is 0.474. The fourth-order valence-electron chi connectivity index (χ4n) is 3.25. The van der Waals surface area contributed by atoms with Gasteiger partial charge in [0.05, 0.1) is 12.5 Å². The molecular weight excluding hydrogens is 288 g/mol. The van der Waals surface area contributed by atoms with Crippen LogP contribution in [0.2, 0.25) is 0 Å². The third kappa shape index (κ3) is 4.01. The van der Waals surface area contributed by atoms with Gasteiger partial charge < -0.3 is 9.80 Å². The first-order valence-corrected chi connectivity index (χ1v) is 8.21. The zero-order chi connectivity index (χ0) is 17.0. The van der Waals surface area contributed by atoms with Crippen molar-refractivity contribution in [2.45, 2.75) is 39.7 Å². The third-order valence-electron chi connectivity index (χ3n) is 4.38. The number of benzene rings is 1. The average molecular weight is 314 g/mol. The number of rotatable bonds is 5. The number of fused-ring (bicyclic) bond motifs is 1. The van der Waals surface area contributed by atoms with Crippen LogP contribution in [0.4, 0.5) is 0 Å². The molecule has 1 heterocycles. The zero-order valence-corrected chi connectivity index (χ0v) is 14.3. The third-order valence-corrected chi connectivity index (χ3v) is 4.38. The zero-order valence-electron chi connectivity index (χ0n) is 14.3. The highest BCUT2D eigenvalue weighted by atomic mass is 16.2. The molecule has 1 aliphatic rings. The molecule has 0 aromatic heterocycles. The van der Waals surface area contributed by atoms with Gasteiger partial charge in [-0.05, 0) is 31.4 Å². The lowest BCUT2D eigenvalue weighted by atomic mass is 9.90. The first kappa shape index (κ1) is 17.3. The van der Waals surface area contributed by atoms with Crippen molar-refractivity contribution in [2.75, 3.05) is 19.6 Å². The maximum atomic E-state index is 12.7. The molecule has 124 valence electrons. The number of hydrogen-bond donors (Lipinski definition) is 0. The van der Waals surface area contributed by atoms with Crippen LogP contribution in [-0.2, 0) is 16.0 Å². The molecule has 0 N–H and O–H groups in total. The van der Waals surface area contributed by atoms with E-state index in [9.17, 15) is 9.59 Å². The predicted molar refractivity (Wildman–Crippen MR) is 92.0 cm³/mol. The topological polar surface area (TPSA) is 40.6 Å². The van der Waals surface area contributed by atoms with E-state index in [0.29, 0.717) is 26.1 Å². The molecule has 0 fully saturated rings. The van der Waals surface area contributed by atoms with E-state index < -0.39 is 0 Å². The molecule has 0 aliphatic carbocycles. The highest BCUT2D eigenvalue weighted by Crippen LogP contribution is 2.32. The van der Waals surface area contributed by atoms with Crippen LogP contribution >= 0.6 is 0 Å². The molecule has 1 unspecified atom stereocenters. The van der Waals surface area contributed by atoms with Crippen molar-refractivity contribution in [3.63, 3.8) is 0 Å². The minimum absolute atomic E-state index is 0.0280. The van der Waals surface area contributed by atoms with Crippen molar-refractivity contribution >= 4 is 11.8 Å². The molecule has 1 aromatic carbocycles. The molecule has 0 saturated carbocycles.